The van der Waals surface area contributed by atoms with Crippen LogP contribution in [0, 0.1) is 6.92 Å². The van der Waals surface area contributed by atoms with Crippen molar-refractivity contribution in [2.45, 2.75) is 96.9 Å². The Bertz CT molecular complexity index is 882. The van der Waals surface area contributed by atoms with Crippen LogP contribution in [0.1, 0.15) is 83.4 Å². The highest BCUT2D eigenvalue weighted by Crippen LogP contribution is 2.37. The second kappa shape index (κ2) is 13.0. The van der Waals surface area contributed by atoms with Crippen LogP contribution in [0.2, 0.25) is 0 Å². The molecule has 1 saturated carbocycles. The highest BCUT2D eigenvalue weighted by atomic mass is 32.1. The minimum atomic E-state index is -1.03. The average Bonchev–Trinajstić information content (AvgIpc) is 2.74. The molecule has 35 heavy (non-hydrogen) atoms. The summed E-state index contributed by atoms with van der Waals surface area (Å²) in [5, 5.41) is 16.4. The van der Waals surface area contributed by atoms with E-state index < -0.39 is 29.7 Å². The minimum absolute atomic E-state index is 0.0131. The molecule has 2 atom stereocenters. The van der Waals surface area contributed by atoms with Gasteiger partial charge in [0.15, 0.2) is 0 Å². The number of phenolic OH excluding ortho intramolecular Hbond substituents is 1. The molecular weight excluding hydrogens is 466 g/mol. The number of para-hydroxylation sites is 1. The number of amides is 3. The smallest absolute Gasteiger partial charge is 0.408 e. The zero-order valence-electron chi connectivity index (χ0n) is 21.6. The first-order valence-electron chi connectivity index (χ1n) is 12.5. The zero-order chi connectivity index (χ0) is 26.2. The number of rotatable bonds is 11. The summed E-state index contributed by atoms with van der Waals surface area (Å²) < 4.78 is 5.33. The first-order valence-corrected chi connectivity index (χ1v) is 13.1. The summed E-state index contributed by atoms with van der Waals surface area (Å²) in [6.45, 7) is 9.54. The number of aromatic hydroxyl groups is 1. The molecular formula is C26H41N3O5S. The Hall–Kier alpha value is -2.42. The predicted molar refractivity (Wildman–Crippen MR) is 140 cm³/mol. The van der Waals surface area contributed by atoms with E-state index in [4.69, 9.17) is 4.74 Å². The standard InChI is InChI=1S/C26H41N3O5S/c1-6-7-8-15-27-23(31)21(19-14-9-11-17(2)22(19)30)29(18-12-10-13-18)24(32)20(16-35)28-25(33)34-26(3,4)5/h9,11,14,18,20-21,30,35H,6-8,10,12-13,15-16H2,1-5H3,(H,27,31)(H,28,33). The quantitative estimate of drug-likeness (QED) is 0.265. The Balaban J connectivity index is 2.42. The first-order chi connectivity index (χ1) is 16.5. The van der Waals surface area contributed by atoms with Crippen molar-refractivity contribution in [1.82, 2.24) is 15.5 Å². The number of hydrogen-bond donors (Lipinski definition) is 4. The fourth-order valence-corrected chi connectivity index (χ4v) is 4.25. The van der Waals surface area contributed by atoms with Crippen molar-refractivity contribution in [3.8, 4) is 5.75 Å². The Morgan fingerprint density at radius 2 is 1.91 bits per heavy atom. The van der Waals surface area contributed by atoms with Gasteiger partial charge >= 0.3 is 6.09 Å². The van der Waals surface area contributed by atoms with E-state index in [1.165, 1.54) is 4.90 Å². The number of aryl methyl sites for hydroxylation is 1. The third-order valence-electron chi connectivity index (χ3n) is 6.06. The molecule has 1 aromatic rings. The van der Waals surface area contributed by atoms with E-state index in [-0.39, 0.29) is 23.5 Å². The number of phenols is 1. The van der Waals surface area contributed by atoms with Crippen LogP contribution >= 0.6 is 12.6 Å². The van der Waals surface area contributed by atoms with Gasteiger partial charge < -0.3 is 25.4 Å². The fraction of sp³-hybridized carbons (Fsp3) is 0.654. The number of nitrogens with one attached hydrogen (secondary N) is 2. The molecule has 0 bridgehead atoms. The maximum atomic E-state index is 13.8. The van der Waals surface area contributed by atoms with Gasteiger partial charge in [0, 0.05) is 23.9 Å². The van der Waals surface area contributed by atoms with Gasteiger partial charge in [0.25, 0.3) is 0 Å². The van der Waals surface area contributed by atoms with Crippen LogP contribution in [0.4, 0.5) is 4.79 Å². The summed E-state index contributed by atoms with van der Waals surface area (Å²) >= 11 is 4.31. The number of hydrogen-bond acceptors (Lipinski definition) is 6. The Morgan fingerprint density at radius 3 is 2.46 bits per heavy atom. The third-order valence-corrected chi connectivity index (χ3v) is 6.43. The second-order valence-electron chi connectivity index (χ2n) is 10.1. The molecule has 0 aliphatic heterocycles. The summed E-state index contributed by atoms with van der Waals surface area (Å²) in [5.41, 5.74) is 0.259. The normalized spacial score (nSPS) is 15.5. The predicted octanol–water partition coefficient (Wildman–Crippen LogP) is 4.25. The number of ether oxygens (including phenoxy) is 1. The summed E-state index contributed by atoms with van der Waals surface area (Å²) in [4.78, 5) is 41.3. The molecule has 3 amide bonds. The molecule has 0 radical (unpaired) electrons. The summed E-state index contributed by atoms with van der Waals surface area (Å²) in [6, 6.07) is 2.99. The molecule has 0 saturated heterocycles. The van der Waals surface area contributed by atoms with E-state index in [0.29, 0.717) is 17.7 Å². The van der Waals surface area contributed by atoms with Crippen LogP contribution in [0.5, 0.6) is 5.75 Å². The van der Waals surface area contributed by atoms with E-state index >= 15 is 0 Å². The van der Waals surface area contributed by atoms with Crippen LogP contribution in [0.15, 0.2) is 18.2 Å². The summed E-state index contributed by atoms with van der Waals surface area (Å²) in [7, 11) is 0. The Kier molecular flexibility index (Phi) is 10.7. The van der Waals surface area contributed by atoms with Gasteiger partial charge in [0.2, 0.25) is 11.8 Å². The molecule has 1 aliphatic carbocycles. The number of alkyl carbamates (subject to hydrolysis) is 1. The van der Waals surface area contributed by atoms with Crippen molar-refractivity contribution in [2.75, 3.05) is 12.3 Å². The largest absolute Gasteiger partial charge is 0.507 e. The molecule has 0 spiro atoms. The lowest BCUT2D eigenvalue weighted by Crippen LogP contribution is -2.58. The van der Waals surface area contributed by atoms with E-state index in [1.54, 1.807) is 45.9 Å². The molecule has 1 aliphatic rings. The molecule has 1 aromatic carbocycles. The van der Waals surface area contributed by atoms with Crippen LogP contribution in [-0.2, 0) is 14.3 Å². The lowest BCUT2D eigenvalue weighted by atomic mass is 9.87. The number of thiol groups is 1. The Morgan fingerprint density at radius 1 is 1.23 bits per heavy atom. The van der Waals surface area contributed by atoms with Crippen molar-refractivity contribution < 1.29 is 24.2 Å². The SMILES string of the molecule is CCCCCNC(=O)C(c1cccc(C)c1O)N(C(=O)C(CS)NC(=O)OC(C)(C)C)C1CCC1. The number of unbranched alkanes of at least 4 members (excludes halogenated alkanes) is 2. The molecule has 2 rings (SSSR count). The molecule has 2 unspecified atom stereocenters. The van der Waals surface area contributed by atoms with E-state index in [0.717, 1.165) is 38.5 Å². The van der Waals surface area contributed by atoms with Crippen molar-refractivity contribution in [3.63, 3.8) is 0 Å². The minimum Gasteiger partial charge on any atom is -0.507 e. The topological polar surface area (TPSA) is 108 Å². The molecule has 196 valence electrons. The van der Waals surface area contributed by atoms with Crippen LogP contribution in [0.3, 0.4) is 0 Å². The van der Waals surface area contributed by atoms with Gasteiger partial charge in [-0.05, 0) is 58.9 Å². The lowest BCUT2D eigenvalue weighted by Gasteiger charge is -2.43. The average molecular weight is 508 g/mol. The molecule has 3 N–H and O–H groups in total. The number of carbonyl (C=O) groups is 3. The van der Waals surface area contributed by atoms with Gasteiger partial charge in [-0.2, -0.15) is 12.6 Å². The Labute approximate surface area is 214 Å². The maximum Gasteiger partial charge on any atom is 0.408 e. The van der Waals surface area contributed by atoms with E-state index in [2.05, 4.69) is 30.2 Å². The second-order valence-corrected chi connectivity index (χ2v) is 10.5. The van der Waals surface area contributed by atoms with Gasteiger partial charge in [-0.25, -0.2) is 4.79 Å². The van der Waals surface area contributed by atoms with Crippen molar-refractivity contribution in [2.24, 2.45) is 0 Å². The van der Waals surface area contributed by atoms with Gasteiger partial charge in [-0.3, -0.25) is 9.59 Å². The van der Waals surface area contributed by atoms with Gasteiger partial charge in [0.1, 0.15) is 23.4 Å². The van der Waals surface area contributed by atoms with E-state index in [1.807, 2.05) is 0 Å². The molecule has 0 heterocycles. The lowest BCUT2D eigenvalue weighted by molar-refractivity contribution is -0.147. The van der Waals surface area contributed by atoms with Crippen molar-refractivity contribution in [1.29, 1.82) is 0 Å². The molecule has 9 heteroatoms. The summed E-state index contributed by atoms with van der Waals surface area (Å²) in [6.07, 6.45) is 4.51. The number of nitrogens with zero attached hydrogens (tertiary/aromatic N) is 1. The molecule has 8 nitrogen and oxygen atoms in total. The highest BCUT2D eigenvalue weighted by molar-refractivity contribution is 7.80. The van der Waals surface area contributed by atoms with E-state index in [9.17, 15) is 19.5 Å². The van der Waals surface area contributed by atoms with Crippen molar-refractivity contribution >= 4 is 30.5 Å². The molecule has 0 aromatic heterocycles. The zero-order valence-corrected chi connectivity index (χ0v) is 22.5. The first kappa shape index (κ1) is 28.8. The number of benzene rings is 1. The third kappa shape index (κ3) is 8.05. The van der Waals surface area contributed by atoms with Crippen LogP contribution in [-0.4, -0.2) is 57.9 Å². The van der Waals surface area contributed by atoms with Crippen LogP contribution in [0.25, 0.3) is 0 Å². The summed E-state index contributed by atoms with van der Waals surface area (Å²) in [5.74, 6) is -0.755. The van der Waals surface area contributed by atoms with Gasteiger partial charge in [-0.15, -0.1) is 0 Å². The number of carbonyl (C=O) groups excluding carboxylic acids is 3. The van der Waals surface area contributed by atoms with Crippen LogP contribution < -0.4 is 10.6 Å². The fourth-order valence-electron chi connectivity index (χ4n) is 4.00. The molecule has 1 fully saturated rings. The van der Waals surface area contributed by atoms with Crippen molar-refractivity contribution in [3.05, 3.63) is 29.3 Å². The van der Waals surface area contributed by atoms with Gasteiger partial charge in [-0.1, -0.05) is 38.0 Å². The van der Waals surface area contributed by atoms with Gasteiger partial charge in [0.05, 0.1) is 0 Å². The monoisotopic (exact) mass is 507 g/mol. The highest BCUT2D eigenvalue weighted by Gasteiger charge is 2.42. The maximum absolute atomic E-state index is 13.8.